The van der Waals surface area contributed by atoms with E-state index in [-0.39, 0.29) is 5.91 Å². The van der Waals surface area contributed by atoms with Crippen molar-refractivity contribution in [3.63, 3.8) is 0 Å². The van der Waals surface area contributed by atoms with Crippen LogP contribution in [0.15, 0.2) is 0 Å². The van der Waals surface area contributed by atoms with Gasteiger partial charge in [0.1, 0.15) is 0 Å². The average Bonchev–Trinajstić information content (AvgIpc) is 2.90. The van der Waals surface area contributed by atoms with E-state index < -0.39 is 0 Å². The van der Waals surface area contributed by atoms with Crippen LogP contribution >= 0.6 is 0 Å². The maximum Gasteiger partial charge on any atom is 0.220 e. The molecule has 0 aromatic rings. The van der Waals surface area contributed by atoms with Crippen LogP contribution in [0.1, 0.15) is 45.4 Å². The molecule has 1 amide bonds. The maximum absolute atomic E-state index is 11.8. The molecule has 3 atom stereocenters. The summed E-state index contributed by atoms with van der Waals surface area (Å²) in [6.45, 7) is 4.28. The van der Waals surface area contributed by atoms with Crippen LogP contribution in [-0.2, 0) is 9.53 Å². The topological polar surface area (TPSA) is 38.3 Å². The van der Waals surface area contributed by atoms with Crippen LogP contribution < -0.4 is 5.32 Å². The number of nitrogens with one attached hydrogen (secondary N) is 1. The van der Waals surface area contributed by atoms with Crippen molar-refractivity contribution in [2.75, 3.05) is 19.8 Å². The van der Waals surface area contributed by atoms with Gasteiger partial charge in [0.05, 0.1) is 0 Å². The zero-order valence-corrected chi connectivity index (χ0v) is 10.9. The number of carbonyl (C=O) groups excluding carboxylic acids is 1. The summed E-state index contributed by atoms with van der Waals surface area (Å²) < 4.78 is 5.24. The Morgan fingerprint density at radius 3 is 2.88 bits per heavy atom. The van der Waals surface area contributed by atoms with Crippen LogP contribution in [0.4, 0.5) is 0 Å². The maximum atomic E-state index is 11.8. The summed E-state index contributed by atoms with van der Waals surface area (Å²) in [6, 6.07) is 0. The molecular formula is C14H25NO2. The number of fused-ring (bicyclic) bond motifs is 2. The zero-order chi connectivity index (χ0) is 12.1. The number of hydrogen-bond donors (Lipinski definition) is 1. The highest BCUT2D eigenvalue weighted by atomic mass is 16.5. The highest BCUT2D eigenvalue weighted by molar-refractivity contribution is 5.76. The molecular weight excluding hydrogens is 214 g/mol. The lowest BCUT2D eigenvalue weighted by Gasteiger charge is -2.20. The molecule has 2 rings (SSSR count). The fourth-order valence-electron chi connectivity index (χ4n) is 3.48. The molecule has 98 valence electrons. The molecule has 0 spiro atoms. The molecule has 2 fully saturated rings. The quantitative estimate of drug-likeness (QED) is 0.693. The molecule has 3 nitrogen and oxygen atoms in total. The molecule has 3 unspecified atom stereocenters. The number of carbonyl (C=O) groups is 1. The monoisotopic (exact) mass is 239 g/mol. The summed E-state index contributed by atoms with van der Waals surface area (Å²) >= 11 is 0. The van der Waals surface area contributed by atoms with Crippen LogP contribution in [0.3, 0.4) is 0 Å². The summed E-state index contributed by atoms with van der Waals surface area (Å²) in [5.74, 6) is 2.73. The second-order valence-electron chi connectivity index (χ2n) is 5.54. The first-order valence-electron chi connectivity index (χ1n) is 7.14. The molecule has 1 N–H and O–H groups in total. The van der Waals surface area contributed by atoms with E-state index in [0.717, 1.165) is 44.4 Å². The second-order valence-corrected chi connectivity index (χ2v) is 5.54. The highest BCUT2D eigenvalue weighted by Crippen LogP contribution is 2.49. The van der Waals surface area contributed by atoms with Gasteiger partial charge in [0.15, 0.2) is 0 Å². The Balaban J connectivity index is 1.55. The molecule has 2 saturated carbocycles. The van der Waals surface area contributed by atoms with Gasteiger partial charge in [-0.05, 0) is 50.4 Å². The van der Waals surface area contributed by atoms with E-state index in [0.29, 0.717) is 5.92 Å². The molecule has 2 bridgehead atoms. The minimum absolute atomic E-state index is 0.249. The van der Waals surface area contributed by atoms with E-state index in [1.165, 1.54) is 25.7 Å². The van der Waals surface area contributed by atoms with Crippen LogP contribution in [0.2, 0.25) is 0 Å². The van der Waals surface area contributed by atoms with Gasteiger partial charge in [-0.25, -0.2) is 0 Å². The Bertz CT molecular complexity index is 255. The van der Waals surface area contributed by atoms with Crippen molar-refractivity contribution in [1.82, 2.24) is 5.32 Å². The Morgan fingerprint density at radius 1 is 1.35 bits per heavy atom. The number of rotatable bonds is 7. The molecule has 2 aliphatic rings. The summed E-state index contributed by atoms with van der Waals surface area (Å²) in [4.78, 5) is 11.8. The van der Waals surface area contributed by atoms with Gasteiger partial charge >= 0.3 is 0 Å². The molecule has 17 heavy (non-hydrogen) atoms. The van der Waals surface area contributed by atoms with Crippen LogP contribution in [-0.4, -0.2) is 25.7 Å². The van der Waals surface area contributed by atoms with Gasteiger partial charge in [0.25, 0.3) is 0 Å². The second kappa shape index (κ2) is 6.39. The summed E-state index contributed by atoms with van der Waals surface area (Å²) in [5.41, 5.74) is 0. The third kappa shape index (κ3) is 3.70. The lowest BCUT2D eigenvalue weighted by Crippen LogP contribution is -2.28. The van der Waals surface area contributed by atoms with Gasteiger partial charge in [0.2, 0.25) is 5.91 Å². The van der Waals surface area contributed by atoms with E-state index in [1.54, 1.807) is 0 Å². The molecule has 3 heteroatoms. The first kappa shape index (κ1) is 12.9. The molecule has 0 saturated heterocycles. The van der Waals surface area contributed by atoms with Gasteiger partial charge < -0.3 is 10.1 Å². The SMILES string of the molecule is CCOCCCNC(=O)CC1CC2CCC1C2. The molecule has 2 aliphatic carbocycles. The standard InChI is InChI=1S/C14H25NO2/c1-2-17-7-3-6-15-14(16)10-13-9-11-4-5-12(13)8-11/h11-13H,2-10H2,1H3,(H,15,16). The minimum Gasteiger partial charge on any atom is -0.382 e. The van der Waals surface area contributed by atoms with Crippen molar-refractivity contribution in [3.8, 4) is 0 Å². The fraction of sp³-hybridized carbons (Fsp3) is 0.929. The van der Waals surface area contributed by atoms with Crippen LogP contribution in [0.25, 0.3) is 0 Å². The summed E-state index contributed by atoms with van der Waals surface area (Å²) in [6.07, 6.45) is 7.16. The Morgan fingerprint density at radius 2 is 2.24 bits per heavy atom. The van der Waals surface area contributed by atoms with Gasteiger partial charge in [-0.2, -0.15) is 0 Å². The number of hydrogen-bond acceptors (Lipinski definition) is 2. The highest BCUT2D eigenvalue weighted by Gasteiger charge is 2.39. The Hall–Kier alpha value is -0.570. The van der Waals surface area contributed by atoms with Gasteiger partial charge in [-0.15, -0.1) is 0 Å². The lowest BCUT2D eigenvalue weighted by atomic mass is 9.86. The van der Waals surface area contributed by atoms with Crippen molar-refractivity contribution < 1.29 is 9.53 Å². The summed E-state index contributed by atoms with van der Waals surface area (Å²) in [5, 5.41) is 3.01. The van der Waals surface area contributed by atoms with Crippen molar-refractivity contribution in [3.05, 3.63) is 0 Å². The molecule has 0 radical (unpaired) electrons. The zero-order valence-electron chi connectivity index (χ0n) is 10.9. The van der Waals surface area contributed by atoms with E-state index >= 15 is 0 Å². The largest absolute Gasteiger partial charge is 0.382 e. The van der Waals surface area contributed by atoms with Crippen LogP contribution in [0, 0.1) is 17.8 Å². The predicted molar refractivity (Wildman–Crippen MR) is 67.7 cm³/mol. The van der Waals surface area contributed by atoms with Crippen molar-refractivity contribution in [2.24, 2.45) is 17.8 Å². The van der Waals surface area contributed by atoms with Crippen molar-refractivity contribution >= 4 is 5.91 Å². The number of amides is 1. The summed E-state index contributed by atoms with van der Waals surface area (Å²) in [7, 11) is 0. The van der Waals surface area contributed by atoms with E-state index in [4.69, 9.17) is 4.74 Å². The van der Waals surface area contributed by atoms with Gasteiger partial charge in [0, 0.05) is 26.2 Å². The minimum atomic E-state index is 0.249. The third-order valence-corrected chi connectivity index (χ3v) is 4.32. The third-order valence-electron chi connectivity index (χ3n) is 4.32. The van der Waals surface area contributed by atoms with Crippen LogP contribution in [0.5, 0.6) is 0 Å². The van der Waals surface area contributed by atoms with Crippen molar-refractivity contribution in [2.45, 2.75) is 45.4 Å². The van der Waals surface area contributed by atoms with E-state index in [2.05, 4.69) is 5.32 Å². The molecule has 0 heterocycles. The lowest BCUT2D eigenvalue weighted by molar-refractivity contribution is -0.122. The molecule has 0 aromatic carbocycles. The predicted octanol–water partition coefficient (Wildman–Crippen LogP) is 2.36. The van der Waals surface area contributed by atoms with Crippen molar-refractivity contribution in [1.29, 1.82) is 0 Å². The smallest absolute Gasteiger partial charge is 0.220 e. The first-order valence-corrected chi connectivity index (χ1v) is 7.14. The molecule has 0 aliphatic heterocycles. The number of ether oxygens (including phenoxy) is 1. The van der Waals surface area contributed by atoms with Gasteiger partial charge in [-0.3, -0.25) is 4.79 Å². The van der Waals surface area contributed by atoms with E-state index in [1.807, 2.05) is 6.92 Å². The Kier molecular flexibility index (Phi) is 4.84. The molecule has 0 aromatic heterocycles. The van der Waals surface area contributed by atoms with Gasteiger partial charge in [-0.1, -0.05) is 6.42 Å². The fourth-order valence-corrected chi connectivity index (χ4v) is 3.48. The average molecular weight is 239 g/mol. The Labute approximate surface area is 104 Å². The van der Waals surface area contributed by atoms with E-state index in [9.17, 15) is 4.79 Å². The first-order chi connectivity index (χ1) is 8.29. The normalized spacial score (nSPS) is 30.8.